The maximum absolute atomic E-state index is 13.7. The number of halogens is 2. The van der Waals surface area contributed by atoms with Crippen LogP contribution in [0.4, 0.5) is 4.39 Å². The third-order valence-corrected chi connectivity index (χ3v) is 4.10. The lowest BCUT2D eigenvalue weighted by Crippen LogP contribution is -2.26. The first kappa shape index (κ1) is 15.1. The standard InChI is InChI=1S/C13H13BrFN3OS/c1-3-11-12(20-17-16-11)13(19)18(2)7-8-6-9(14)4-5-10(8)15/h4-6H,3,7H2,1-2H3. The van der Waals surface area contributed by atoms with Gasteiger partial charge in [-0.2, -0.15) is 0 Å². The maximum atomic E-state index is 13.7. The average molecular weight is 358 g/mol. The van der Waals surface area contributed by atoms with Crippen molar-refractivity contribution in [3.05, 3.63) is 44.6 Å². The van der Waals surface area contributed by atoms with Crippen molar-refractivity contribution in [2.24, 2.45) is 0 Å². The zero-order chi connectivity index (χ0) is 14.7. The van der Waals surface area contributed by atoms with E-state index in [4.69, 9.17) is 0 Å². The number of aromatic nitrogens is 2. The first-order chi connectivity index (χ1) is 9.52. The highest BCUT2D eigenvalue weighted by Gasteiger charge is 2.20. The van der Waals surface area contributed by atoms with Gasteiger partial charge in [0, 0.05) is 23.6 Å². The Bertz CT molecular complexity index is 632. The predicted molar refractivity (Wildman–Crippen MR) is 79.2 cm³/mol. The summed E-state index contributed by atoms with van der Waals surface area (Å²) in [5, 5.41) is 3.92. The van der Waals surface area contributed by atoms with Crippen LogP contribution in [0, 0.1) is 5.82 Å². The molecule has 0 aliphatic heterocycles. The van der Waals surface area contributed by atoms with E-state index in [1.165, 1.54) is 11.0 Å². The van der Waals surface area contributed by atoms with E-state index in [0.717, 1.165) is 16.0 Å². The highest BCUT2D eigenvalue weighted by Crippen LogP contribution is 2.19. The normalized spacial score (nSPS) is 10.6. The molecule has 4 nitrogen and oxygen atoms in total. The van der Waals surface area contributed by atoms with E-state index >= 15 is 0 Å². The molecule has 0 atom stereocenters. The van der Waals surface area contributed by atoms with Crippen LogP contribution in [-0.2, 0) is 13.0 Å². The lowest BCUT2D eigenvalue weighted by molar-refractivity contribution is 0.0787. The zero-order valence-electron chi connectivity index (χ0n) is 11.1. The van der Waals surface area contributed by atoms with Crippen LogP contribution >= 0.6 is 27.5 Å². The Labute approximate surface area is 128 Å². The summed E-state index contributed by atoms with van der Waals surface area (Å²) < 4.78 is 18.3. The van der Waals surface area contributed by atoms with Crippen molar-refractivity contribution in [3.8, 4) is 0 Å². The van der Waals surface area contributed by atoms with E-state index in [-0.39, 0.29) is 18.3 Å². The van der Waals surface area contributed by atoms with Crippen LogP contribution in [0.25, 0.3) is 0 Å². The minimum absolute atomic E-state index is 0.184. The number of rotatable bonds is 4. The molecule has 106 valence electrons. The monoisotopic (exact) mass is 357 g/mol. The Balaban J connectivity index is 2.17. The Kier molecular flexibility index (Phi) is 4.82. The molecule has 0 unspecified atom stereocenters. The largest absolute Gasteiger partial charge is 0.336 e. The molecule has 1 amide bonds. The maximum Gasteiger partial charge on any atom is 0.267 e. The molecule has 2 aromatic rings. The van der Waals surface area contributed by atoms with E-state index in [1.54, 1.807) is 19.2 Å². The van der Waals surface area contributed by atoms with E-state index in [2.05, 4.69) is 25.5 Å². The predicted octanol–water partition coefficient (Wildman–Crippen LogP) is 3.27. The molecule has 1 heterocycles. The number of aryl methyl sites for hydroxylation is 1. The van der Waals surface area contributed by atoms with Gasteiger partial charge in [-0.1, -0.05) is 27.3 Å². The second-order valence-electron chi connectivity index (χ2n) is 4.30. The number of hydrogen-bond donors (Lipinski definition) is 0. The zero-order valence-corrected chi connectivity index (χ0v) is 13.5. The van der Waals surface area contributed by atoms with Crippen molar-refractivity contribution >= 4 is 33.4 Å². The summed E-state index contributed by atoms with van der Waals surface area (Å²) in [6.07, 6.45) is 0.649. The molecule has 0 aliphatic carbocycles. The summed E-state index contributed by atoms with van der Waals surface area (Å²) in [6.45, 7) is 2.12. The van der Waals surface area contributed by atoms with E-state index < -0.39 is 0 Å². The lowest BCUT2D eigenvalue weighted by atomic mass is 10.2. The van der Waals surface area contributed by atoms with Crippen molar-refractivity contribution < 1.29 is 9.18 Å². The van der Waals surface area contributed by atoms with Crippen LogP contribution in [0.3, 0.4) is 0 Å². The van der Waals surface area contributed by atoms with Gasteiger partial charge < -0.3 is 4.90 Å². The number of amides is 1. The Morgan fingerprint density at radius 2 is 2.25 bits per heavy atom. The van der Waals surface area contributed by atoms with Crippen molar-refractivity contribution in [1.29, 1.82) is 0 Å². The molecule has 0 radical (unpaired) electrons. The third-order valence-electron chi connectivity index (χ3n) is 2.85. The Hall–Kier alpha value is -1.34. The minimum Gasteiger partial charge on any atom is -0.336 e. The fourth-order valence-corrected chi connectivity index (χ4v) is 2.92. The molecule has 0 saturated heterocycles. The van der Waals surface area contributed by atoms with Crippen LogP contribution in [0.1, 0.15) is 27.9 Å². The second kappa shape index (κ2) is 6.41. The third kappa shape index (κ3) is 3.21. The van der Waals surface area contributed by atoms with Gasteiger partial charge in [0.05, 0.1) is 5.69 Å². The molecule has 7 heteroatoms. The van der Waals surface area contributed by atoms with Crippen molar-refractivity contribution in [3.63, 3.8) is 0 Å². The van der Waals surface area contributed by atoms with Crippen LogP contribution in [-0.4, -0.2) is 27.4 Å². The lowest BCUT2D eigenvalue weighted by Gasteiger charge is -2.17. The smallest absolute Gasteiger partial charge is 0.267 e. The summed E-state index contributed by atoms with van der Waals surface area (Å²) in [5.41, 5.74) is 1.15. The fourth-order valence-electron chi connectivity index (χ4n) is 1.77. The topological polar surface area (TPSA) is 46.1 Å². The number of hydrogen-bond acceptors (Lipinski definition) is 4. The molecule has 1 aromatic heterocycles. The number of carbonyl (C=O) groups excluding carboxylic acids is 1. The minimum atomic E-state index is -0.328. The molecule has 1 aromatic carbocycles. The van der Waals surface area contributed by atoms with Gasteiger partial charge >= 0.3 is 0 Å². The van der Waals surface area contributed by atoms with Crippen molar-refractivity contribution in [1.82, 2.24) is 14.5 Å². The van der Waals surface area contributed by atoms with E-state index in [1.807, 2.05) is 6.92 Å². The summed E-state index contributed by atoms with van der Waals surface area (Å²) in [7, 11) is 1.64. The molecule has 20 heavy (non-hydrogen) atoms. The highest BCUT2D eigenvalue weighted by molar-refractivity contribution is 9.10. The fraction of sp³-hybridized carbons (Fsp3) is 0.308. The van der Waals surface area contributed by atoms with Crippen LogP contribution in [0.2, 0.25) is 0 Å². The van der Waals surface area contributed by atoms with E-state index in [9.17, 15) is 9.18 Å². The molecule has 0 N–H and O–H groups in total. The van der Waals surface area contributed by atoms with Crippen molar-refractivity contribution in [2.45, 2.75) is 19.9 Å². The molecular weight excluding hydrogens is 345 g/mol. The molecule has 0 aliphatic rings. The molecule has 0 fully saturated rings. The number of benzene rings is 1. The summed E-state index contributed by atoms with van der Waals surface area (Å²) in [4.78, 5) is 14.3. The highest BCUT2D eigenvalue weighted by atomic mass is 79.9. The van der Waals surface area contributed by atoms with Crippen LogP contribution in [0.5, 0.6) is 0 Å². The molecule has 2 rings (SSSR count). The summed E-state index contributed by atoms with van der Waals surface area (Å²) in [6, 6.07) is 4.68. The SMILES string of the molecule is CCc1nnsc1C(=O)N(C)Cc1cc(Br)ccc1F. The quantitative estimate of drug-likeness (QED) is 0.843. The van der Waals surface area contributed by atoms with Crippen LogP contribution in [0.15, 0.2) is 22.7 Å². The summed E-state index contributed by atoms with van der Waals surface area (Å²) >= 11 is 4.37. The first-order valence-corrected chi connectivity index (χ1v) is 7.60. The van der Waals surface area contributed by atoms with Gasteiger partial charge in [0.1, 0.15) is 10.7 Å². The van der Waals surface area contributed by atoms with Gasteiger partial charge in [-0.15, -0.1) is 5.10 Å². The molecule has 0 saturated carbocycles. The van der Waals surface area contributed by atoms with Gasteiger partial charge in [-0.05, 0) is 36.2 Å². The number of nitrogens with zero attached hydrogens (tertiary/aromatic N) is 3. The van der Waals surface area contributed by atoms with Crippen LogP contribution < -0.4 is 0 Å². The molecule has 0 spiro atoms. The molecule has 0 bridgehead atoms. The van der Waals surface area contributed by atoms with Gasteiger partial charge in [-0.25, -0.2) is 4.39 Å². The number of carbonyl (C=O) groups is 1. The van der Waals surface area contributed by atoms with Gasteiger partial charge in [0.25, 0.3) is 5.91 Å². The van der Waals surface area contributed by atoms with Gasteiger partial charge in [0.2, 0.25) is 0 Å². The average Bonchev–Trinajstić information content (AvgIpc) is 2.90. The first-order valence-electron chi connectivity index (χ1n) is 6.03. The van der Waals surface area contributed by atoms with Gasteiger partial charge in [0.15, 0.2) is 0 Å². The summed E-state index contributed by atoms with van der Waals surface area (Å²) in [5.74, 6) is -0.512. The van der Waals surface area contributed by atoms with Crippen molar-refractivity contribution in [2.75, 3.05) is 7.05 Å². The Morgan fingerprint density at radius 1 is 1.50 bits per heavy atom. The van der Waals surface area contributed by atoms with Gasteiger partial charge in [-0.3, -0.25) is 4.79 Å². The second-order valence-corrected chi connectivity index (χ2v) is 5.97. The Morgan fingerprint density at radius 3 is 2.95 bits per heavy atom. The van der Waals surface area contributed by atoms with E-state index in [0.29, 0.717) is 22.6 Å². The molecular formula is C13H13BrFN3OS.